The molecule has 2 aromatic carbocycles. The lowest BCUT2D eigenvalue weighted by atomic mass is 10.0. The van der Waals surface area contributed by atoms with E-state index in [1.807, 2.05) is 6.92 Å². The van der Waals surface area contributed by atoms with E-state index in [9.17, 15) is 23.1 Å². The maximum absolute atomic E-state index is 12.2. The maximum atomic E-state index is 12.2. The van der Waals surface area contributed by atoms with Crippen LogP contribution in [-0.4, -0.2) is 30.1 Å². The van der Waals surface area contributed by atoms with Gasteiger partial charge in [-0.05, 0) is 55.2 Å². The summed E-state index contributed by atoms with van der Waals surface area (Å²) in [5.74, 6) is -0.896. The monoisotopic (exact) mass is 412 g/mol. The molecule has 0 aliphatic heterocycles. The molecular formula is C21H23F3O5. The Morgan fingerprint density at radius 2 is 1.72 bits per heavy atom. The fourth-order valence-corrected chi connectivity index (χ4v) is 2.65. The third-order valence-electron chi connectivity index (χ3n) is 4.02. The molecule has 0 saturated heterocycles. The van der Waals surface area contributed by atoms with E-state index in [0.29, 0.717) is 17.5 Å². The molecule has 1 unspecified atom stereocenters. The first kappa shape index (κ1) is 22.4. The van der Waals surface area contributed by atoms with Gasteiger partial charge in [0.25, 0.3) is 0 Å². The molecule has 0 radical (unpaired) electrons. The molecule has 0 heterocycles. The number of carbonyl (C=O) groups is 1. The SMILES string of the molecule is CCCCC(Oc1ccc(-c2ccc(OC(F)(F)F)cc2)cc1O)C(=O)OCC. The minimum absolute atomic E-state index is 0.125. The summed E-state index contributed by atoms with van der Waals surface area (Å²) in [5, 5.41) is 10.3. The van der Waals surface area contributed by atoms with Gasteiger partial charge in [0.05, 0.1) is 6.61 Å². The minimum atomic E-state index is -4.76. The number of phenols is 1. The van der Waals surface area contributed by atoms with E-state index in [1.165, 1.54) is 36.4 Å². The van der Waals surface area contributed by atoms with Crippen LogP contribution in [-0.2, 0) is 9.53 Å². The van der Waals surface area contributed by atoms with Crippen molar-refractivity contribution in [3.8, 4) is 28.4 Å². The van der Waals surface area contributed by atoms with Crippen LogP contribution in [0.4, 0.5) is 13.2 Å². The Kier molecular flexibility index (Phi) is 7.75. The highest BCUT2D eigenvalue weighted by molar-refractivity contribution is 5.75. The Balaban J connectivity index is 2.15. The number of ether oxygens (including phenoxy) is 3. The van der Waals surface area contributed by atoms with E-state index < -0.39 is 18.4 Å². The Labute approximate surface area is 167 Å². The van der Waals surface area contributed by atoms with Gasteiger partial charge in [-0.3, -0.25) is 0 Å². The molecule has 0 saturated carbocycles. The Bertz CT molecular complexity index is 803. The standard InChI is InChI=1S/C21H23F3O5/c1-3-5-6-19(20(26)27-4-2)28-18-12-9-15(13-17(18)25)14-7-10-16(11-8-14)29-21(22,23)24/h7-13,19,25H,3-6H2,1-2H3. The number of halogens is 3. The lowest BCUT2D eigenvalue weighted by molar-refractivity contribution is -0.274. The van der Waals surface area contributed by atoms with Crippen molar-refractivity contribution in [2.45, 2.75) is 45.6 Å². The Morgan fingerprint density at radius 3 is 2.28 bits per heavy atom. The second kappa shape index (κ2) is 10.0. The minimum Gasteiger partial charge on any atom is -0.504 e. The molecule has 0 fully saturated rings. The van der Waals surface area contributed by atoms with Crippen LogP contribution in [0.2, 0.25) is 0 Å². The number of carbonyl (C=O) groups excluding carboxylic acids is 1. The van der Waals surface area contributed by atoms with E-state index in [-0.39, 0.29) is 23.9 Å². The molecule has 1 atom stereocenters. The molecule has 8 heteroatoms. The zero-order chi connectivity index (χ0) is 21.4. The molecule has 1 N–H and O–H groups in total. The molecule has 2 rings (SSSR count). The molecule has 0 bridgehead atoms. The highest BCUT2D eigenvalue weighted by atomic mass is 19.4. The van der Waals surface area contributed by atoms with Crippen molar-refractivity contribution in [2.24, 2.45) is 0 Å². The highest BCUT2D eigenvalue weighted by Gasteiger charge is 2.31. The van der Waals surface area contributed by atoms with E-state index in [0.717, 1.165) is 12.8 Å². The van der Waals surface area contributed by atoms with E-state index in [2.05, 4.69) is 4.74 Å². The average molecular weight is 412 g/mol. The number of esters is 1. The van der Waals surface area contributed by atoms with Gasteiger partial charge in [0.2, 0.25) is 0 Å². The fourth-order valence-electron chi connectivity index (χ4n) is 2.65. The predicted molar refractivity (Wildman–Crippen MR) is 101 cm³/mol. The number of alkyl halides is 3. The van der Waals surface area contributed by atoms with Crippen molar-refractivity contribution < 1.29 is 37.3 Å². The van der Waals surface area contributed by atoms with Gasteiger partial charge in [-0.15, -0.1) is 13.2 Å². The molecule has 0 aliphatic rings. The lowest BCUT2D eigenvalue weighted by Gasteiger charge is -2.18. The molecule has 0 spiro atoms. The van der Waals surface area contributed by atoms with Gasteiger partial charge in [-0.25, -0.2) is 4.79 Å². The summed E-state index contributed by atoms with van der Waals surface area (Å²) >= 11 is 0. The van der Waals surface area contributed by atoms with Crippen molar-refractivity contribution in [1.29, 1.82) is 0 Å². The third kappa shape index (κ3) is 6.89. The van der Waals surface area contributed by atoms with Gasteiger partial charge in [0, 0.05) is 0 Å². The Morgan fingerprint density at radius 1 is 1.07 bits per heavy atom. The van der Waals surface area contributed by atoms with Crippen molar-refractivity contribution in [2.75, 3.05) is 6.61 Å². The third-order valence-corrected chi connectivity index (χ3v) is 4.02. The first-order valence-corrected chi connectivity index (χ1v) is 9.26. The second-order valence-corrected chi connectivity index (χ2v) is 6.26. The van der Waals surface area contributed by atoms with Crippen LogP contribution in [0.1, 0.15) is 33.1 Å². The fraction of sp³-hybridized carbons (Fsp3) is 0.381. The normalized spacial score (nSPS) is 12.3. The van der Waals surface area contributed by atoms with E-state index >= 15 is 0 Å². The summed E-state index contributed by atoms with van der Waals surface area (Å²) in [6.07, 6.45) is -3.50. The number of hydrogen-bond acceptors (Lipinski definition) is 5. The van der Waals surface area contributed by atoms with Crippen LogP contribution in [0, 0.1) is 0 Å². The van der Waals surface area contributed by atoms with Crippen molar-refractivity contribution in [3.05, 3.63) is 42.5 Å². The molecule has 0 aliphatic carbocycles. The van der Waals surface area contributed by atoms with Gasteiger partial charge in [-0.2, -0.15) is 0 Å². The summed E-state index contributed by atoms with van der Waals surface area (Å²) in [5.41, 5.74) is 1.14. The average Bonchev–Trinajstić information content (AvgIpc) is 2.65. The van der Waals surface area contributed by atoms with Crippen LogP contribution in [0.3, 0.4) is 0 Å². The number of unbranched alkanes of at least 4 members (excludes halogenated alkanes) is 1. The summed E-state index contributed by atoms with van der Waals surface area (Å²) < 4.78 is 51.3. The largest absolute Gasteiger partial charge is 0.573 e. The van der Waals surface area contributed by atoms with Crippen LogP contribution in [0.25, 0.3) is 11.1 Å². The second-order valence-electron chi connectivity index (χ2n) is 6.26. The predicted octanol–water partition coefficient (Wildman–Crippen LogP) is 5.46. The summed E-state index contributed by atoms with van der Waals surface area (Å²) in [6, 6.07) is 9.81. The molecule has 0 amide bonds. The van der Waals surface area contributed by atoms with Crippen LogP contribution < -0.4 is 9.47 Å². The van der Waals surface area contributed by atoms with E-state index in [1.54, 1.807) is 13.0 Å². The molecule has 0 aromatic heterocycles. The number of aromatic hydroxyl groups is 1. The quantitative estimate of drug-likeness (QED) is 0.554. The topological polar surface area (TPSA) is 65.0 Å². The molecular weight excluding hydrogens is 389 g/mol. The van der Waals surface area contributed by atoms with Crippen LogP contribution in [0.15, 0.2) is 42.5 Å². The van der Waals surface area contributed by atoms with Gasteiger partial charge in [0.1, 0.15) is 5.75 Å². The number of hydrogen-bond donors (Lipinski definition) is 1. The maximum Gasteiger partial charge on any atom is 0.573 e. The molecule has 158 valence electrons. The molecule has 2 aromatic rings. The zero-order valence-electron chi connectivity index (χ0n) is 16.2. The number of benzene rings is 2. The molecule has 29 heavy (non-hydrogen) atoms. The highest BCUT2D eigenvalue weighted by Crippen LogP contribution is 2.34. The zero-order valence-corrected chi connectivity index (χ0v) is 16.2. The van der Waals surface area contributed by atoms with E-state index in [4.69, 9.17) is 9.47 Å². The van der Waals surface area contributed by atoms with Crippen LogP contribution in [0.5, 0.6) is 17.2 Å². The lowest BCUT2D eigenvalue weighted by Crippen LogP contribution is -2.29. The van der Waals surface area contributed by atoms with Crippen molar-refractivity contribution in [3.63, 3.8) is 0 Å². The van der Waals surface area contributed by atoms with Gasteiger partial charge >= 0.3 is 12.3 Å². The first-order chi connectivity index (χ1) is 13.7. The van der Waals surface area contributed by atoms with Gasteiger partial charge in [-0.1, -0.05) is 31.5 Å². The van der Waals surface area contributed by atoms with Crippen molar-refractivity contribution in [1.82, 2.24) is 0 Å². The number of rotatable bonds is 9. The summed E-state index contributed by atoms with van der Waals surface area (Å²) in [7, 11) is 0. The van der Waals surface area contributed by atoms with Crippen LogP contribution >= 0.6 is 0 Å². The smallest absolute Gasteiger partial charge is 0.504 e. The molecule has 5 nitrogen and oxygen atoms in total. The van der Waals surface area contributed by atoms with Gasteiger partial charge < -0.3 is 19.3 Å². The number of phenolic OH excluding ortho intramolecular Hbond substituents is 1. The first-order valence-electron chi connectivity index (χ1n) is 9.26. The van der Waals surface area contributed by atoms with Gasteiger partial charge in [0.15, 0.2) is 17.6 Å². The van der Waals surface area contributed by atoms with Crippen molar-refractivity contribution >= 4 is 5.97 Å². The summed E-state index contributed by atoms with van der Waals surface area (Å²) in [4.78, 5) is 12.1. The summed E-state index contributed by atoms with van der Waals surface area (Å²) in [6.45, 7) is 3.91. The Hall–Kier alpha value is -2.90.